The van der Waals surface area contributed by atoms with Crippen molar-refractivity contribution in [3.63, 3.8) is 0 Å². The average molecular weight is 266 g/mol. The molecule has 0 atom stereocenters. The second-order valence-corrected chi connectivity index (χ2v) is 3.08. The molecule has 0 spiro atoms. The maximum absolute atomic E-state index is 12.0. The number of ether oxygens (including phenoxy) is 1. The van der Waals surface area contributed by atoms with Crippen molar-refractivity contribution in [1.82, 2.24) is 9.97 Å². The molecule has 1 aromatic rings. The Balaban J connectivity index is 2.96. The first kappa shape index (κ1) is 13.9. The SMILES string of the molecule is CCNc1ncc([N+](=O)[O-])c(OCC(F)(F)F)n1. The minimum atomic E-state index is -4.60. The van der Waals surface area contributed by atoms with Crippen LogP contribution in [0.1, 0.15) is 6.92 Å². The predicted octanol–water partition coefficient (Wildman–Crippen LogP) is 1.76. The highest BCUT2D eigenvalue weighted by molar-refractivity contribution is 5.43. The first-order chi connectivity index (χ1) is 8.33. The van der Waals surface area contributed by atoms with Crippen molar-refractivity contribution in [3.8, 4) is 5.88 Å². The quantitative estimate of drug-likeness (QED) is 0.645. The molecular weight excluding hydrogens is 257 g/mol. The molecule has 1 heterocycles. The molecule has 0 unspecified atom stereocenters. The van der Waals surface area contributed by atoms with Gasteiger partial charge in [-0.15, -0.1) is 0 Å². The van der Waals surface area contributed by atoms with Crippen LogP contribution in [0.15, 0.2) is 6.20 Å². The van der Waals surface area contributed by atoms with Crippen molar-refractivity contribution >= 4 is 11.6 Å². The highest BCUT2D eigenvalue weighted by Crippen LogP contribution is 2.26. The molecule has 0 bridgehead atoms. The lowest BCUT2D eigenvalue weighted by Gasteiger charge is -2.09. The van der Waals surface area contributed by atoms with E-state index in [4.69, 9.17) is 0 Å². The molecule has 100 valence electrons. The molecule has 0 saturated carbocycles. The lowest BCUT2D eigenvalue weighted by molar-refractivity contribution is -0.386. The third kappa shape index (κ3) is 4.03. The van der Waals surface area contributed by atoms with Gasteiger partial charge in [-0.05, 0) is 6.92 Å². The molecule has 0 fully saturated rings. The second-order valence-electron chi connectivity index (χ2n) is 3.08. The van der Waals surface area contributed by atoms with Gasteiger partial charge < -0.3 is 10.1 Å². The third-order valence-electron chi connectivity index (χ3n) is 1.64. The zero-order valence-corrected chi connectivity index (χ0v) is 9.19. The molecule has 10 heteroatoms. The number of nitrogens with zero attached hydrogens (tertiary/aromatic N) is 3. The summed E-state index contributed by atoms with van der Waals surface area (Å²) in [6.07, 6.45) is -3.81. The van der Waals surface area contributed by atoms with Gasteiger partial charge in [0, 0.05) is 6.54 Å². The van der Waals surface area contributed by atoms with E-state index >= 15 is 0 Å². The van der Waals surface area contributed by atoms with E-state index in [9.17, 15) is 23.3 Å². The summed E-state index contributed by atoms with van der Waals surface area (Å²) < 4.78 is 40.2. The number of anilines is 1. The lowest BCUT2D eigenvalue weighted by Crippen LogP contribution is -2.20. The Morgan fingerprint density at radius 1 is 1.56 bits per heavy atom. The summed E-state index contributed by atoms with van der Waals surface area (Å²) in [4.78, 5) is 16.7. The molecule has 0 saturated heterocycles. The molecule has 0 amide bonds. The van der Waals surface area contributed by atoms with E-state index in [-0.39, 0.29) is 5.95 Å². The Hall–Kier alpha value is -2.13. The summed E-state index contributed by atoms with van der Waals surface area (Å²) in [6.45, 7) is 0.466. The Morgan fingerprint density at radius 2 is 2.22 bits per heavy atom. The number of rotatable bonds is 5. The molecule has 1 rings (SSSR count). The Labute approximate surface area is 99.1 Å². The predicted molar refractivity (Wildman–Crippen MR) is 54.4 cm³/mol. The minimum absolute atomic E-state index is 0.0414. The van der Waals surface area contributed by atoms with Crippen LogP contribution in [0.5, 0.6) is 5.88 Å². The van der Waals surface area contributed by atoms with Crippen molar-refractivity contribution in [1.29, 1.82) is 0 Å². The normalized spacial score (nSPS) is 11.1. The molecule has 1 N–H and O–H groups in total. The van der Waals surface area contributed by atoms with Gasteiger partial charge in [0.2, 0.25) is 5.95 Å². The van der Waals surface area contributed by atoms with Crippen molar-refractivity contribution in [2.24, 2.45) is 0 Å². The fourth-order valence-corrected chi connectivity index (χ4v) is 0.985. The Bertz CT molecular complexity index is 438. The number of hydrogen-bond donors (Lipinski definition) is 1. The molecule has 0 aliphatic carbocycles. The zero-order chi connectivity index (χ0) is 13.8. The van der Waals surface area contributed by atoms with Crippen molar-refractivity contribution < 1.29 is 22.8 Å². The molecule has 0 aliphatic rings. The van der Waals surface area contributed by atoms with E-state index in [2.05, 4.69) is 20.0 Å². The topological polar surface area (TPSA) is 90.2 Å². The van der Waals surface area contributed by atoms with E-state index in [0.717, 1.165) is 6.20 Å². The maximum atomic E-state index is 12.0. The zero-order valence-electron chi connectivity index (χ0n) is 9.19. The number of nitro groups is 1. The molecule has 18 heavy (non-hydrogen) atoms. The van der Waals surface area contributed by atoms with Gasteiger partial charge in [-0.25, -0.2) is 4.98 Å². The van der Waals surface area contributed by atoms with E-state index in [0.29, 0.717) is 6.54 Å². The van der Waals surface area contributed by atoms with E-state index in [1.807, 2.05) is 0 Å². The van der Waals surface area contributed by atoms with Crippen LogP contribution in [0, 0.1) is 10.1 Å². The van der Waals surface area contributed by atoms with Gasteiger partial charge in [-0.2, -0.15) is 18.2 Å². The molecule has 0 aliphatic heterocycles. The first-order valence-corrected chi connectivity index (χ1v) is 4.78. The van der Waals surface area contributed by atoms with Crippen LogP contribution < -0.4 is 10.1 Å². The standard InChI is InChI=1S/C8H9F3N4O3/c1-2-12-7-13-3-5(15(16)17)6(14-7)18-4-8(9,10)11/h3H,2,4H2,1H3,(H,12,13,14). The van der Waals surface area contributed by atoms with Crippen LogP contribution in [0.4, 0.5) is 24.8 Å². The van der Waals surface area contributed by atoms with Crippen molar-refractivity contribution in [3.05, 3.63) is 16.3 Å². The fraction of sp³-hybridized carbons (Fsp3) is 0.500. The van der Waals surface area contributed by atoms with E-state index in [1.165, 1.54) is 0 Å². The number of aromatic nitrogens is 2. The molecule has 1 aromatic heterocycles. The number of alkyl halides is 3. The van der Waals surface area contributed by atoms with Crippen molar-refractivity contribution in [2.75, 3.05) is 18.5 Å². The summed E-state index contributed by atoms with van der Waals surface area (Å²) in [7, 11) is 0. The van der Waals surface area contributed by atoms with Crippen LogP contribution >= 0.6 is 0 Å². The summed E-state index contributed by atoms with van der Waals surface area (Å²) in [5.41, 5.74) is -0.721. The summed E-state index contributed by atoms with van der Waals surface area (Å²) in [5.74, 6) is -0.761. The number of halogens is 3. The van der Waals surface area contributed by atoms with Crippen LogP contribution in [0.2, 0.25) is 0 Å². The molecule has 0 aromatic carbocycles. The molecular formula is C8H9F3N4O3. The lowest BCUT2D eigenvalue weighted by atomic mass is 10.5. The van der Waals surface area contributed by atoms with Crippen LogP contribution in [0.3, 0.4) is 0 Å². The fourth-order valence-electron chi connectivity index (χ4n) is 0.985. The summed E-state index contributed by atoms with van der Waals surface area (Å²) in [5, 5.41) is 13.2. The highest BCUT2D eigenvalue weighted by Gasteiger charge is 2.31. The number of nitrogens with one attached hydrogen (secondary N) is 1. The third-order valence-corrected chi connectivity index (χ3v) is 1.64. The van der Waals surface area contributed by atoms with Gasteiger partial charge in [-0.3, -0.25) is 10.1 Å². The van der Waals surface area contributed by atoms with Gasteiger partial charge in [0.1, 0.15) is 6.20 Å². The maximum Gasteiger partial charge on any atom is 0.422 e. The van der Waals surface area contributed by atoms with Crippen LogP contribution in [0.25, 0.3) is 0 Å². The van der Waals surface area contributed by atoms with E-state index < -0.39 is 29.3 Å². The minimum Gasteiger partial charge on any atom is -0.463 e. The average Bonchev–Trinajstić information content (AvgIpc) is 2.25. The Kier molecular flexibility index (Phi) is 4.23. The largest absolute Gasteiger partial charge is 0.463 e. The van der Waals surface area contributed by atoms with Crippen LogP contribution in [-0.2, 0) is 0 Å². The molecule has 7 nitrogen and oxygen atoms in total. The van der Waals surface area contributed by atoms with Crippen LogP contribution in [-0.4, -0.2) is 34.2 Å². The smallest absolute Gasteiger partial charge is 0.422 e. The highest BCUT2D eigenvalue weighted by atomic mass is 19.4. The van der Waals surface area contributed by atoms with Gasteiger partial charge in [-0.1, -0.05) is 0 Å². The number of hydrogen-bond acceptors (Lipinski definition) is 6. The summed E-state index contributed by atoms with van der Waals surface area (Å²) >= 11 is 0. The van der Waals surface area contributed by atoms with Gasteiger partial charge in [0.05, 0.1) is 4.92 Å². The second kappa shape index (κ2) is 5.47. The Morgan fingerprint density at radius 3 is 2.72 bits per heavy atom. The van der Waals surface area contributed by atoms with Gasteiger partial charge in [0.25, 0.3) is 5.88 Å². The first-order valence-electron chi connectivity index (χ1n) is 4.78. The van der Waals surface area contributed by atoms with E-state index in [1.54, 1.807) is 6.92 Å². The van der Waals surface area contributed by atoms with Gasteiger partial charge >= 0.3 is 11.9 Å². The monoisotopic (exact) mass is 266 g/mol. The molecule has 0 radical (unpaired) electrons. The summed E-state index contributed by atoms with van der Waals surface area (Å²) in [6, 6.07) is 0. The van der Waals surface area contributed by atoms with Gasteiger partial charge in [0.15, 0.2) is 6.61 Å². The van der Waals surface area contributed by atoms with Crippen molar-refractivity contribution in [2.45, 2.75) is 13.1 Å².